The second-order valence-electron chi connectivity index (χ2n) is 3.48. The molecule has 0 aliphatic rings. The number of hydrogen-bond donors (Lipinski definition) is 0. The Balaban J connectivity index is 2.50. The van der Waals surface area contributed by atoms with Gasteiger partial charge in [0.25, 0.3) is 0 Å². The zero-order valence-corrected chi connectivity index (χ0v) is 10.8. The normalized spacial score (nSPS) is 11.4. The third-order valence-corrected chi connectivity index (χ3v) is 2.60. The first kappa shape index (κ1) is 12.5. The molecule has 82 valence electrons. The fourth-order valence-electron chi connectivity index (χ4n) is 1.45. The zero-order chi connectivity index (χ0) is 10.9. The second-order valence-corrected chi connectivity index (χ2v) is 4.27. The molecule has 1 rings (SSSR count). The van der Waals surface area contributed by atoms with Crippen molar-refractivity contribution < 1.29 is 0 Å². The van der Waals surface area contributed by atoms with Crippen LogP contribution < -0.4 is 0 Å². The third-order valence-electron chi connectivity index (χ3n) is 2.25. The van der Waals surface area contributed by atoms with Crippen LogP contribution in [0.5, 0.6) is 0 Å². The minimum absolute atomic E-state index is 1.02. The van der Waals surface area contributed by atoms with Crippen LogP contribution in [0, 0.1) is 0 Å². The summed E-state index contributed by atoms with van der Waals surface area (Å²) >= 11 is 3.49. The summed E-state index contributed by atoms with van der Waals surface area (Å²) < 4.78 is 0. The van der Waals surface area contributed by atoms with Gasteiger partial charge in [-0.2, -0.15) is 0 Å². The van der Waals surface area contributed by atoms with Gasteiger partial charge in [-0.15, -0.1) is 0 Å². The highest BCUT2D eigenvalue weighted by molar-refractivity contribution is 9.09. The third kappa shape index (κ3) is 5.14. The Morgan fingerprint density at radius 2 is 2.00 bits per heavy atom. The zero-order valence-electron chi connectivity index (χ0n) is 9.20. The minimum Gasteiger partial charge on any atom is -0.295 e. The molecule has 0 radical (unpaired) electrons. The molecule has 0 heterocycles. The summed E-state index contributed by atoms with van der Waals surface area (Å²) in [5.74, 6) is 0. The smallest absolute Gasteiger partial charge is 0.0237 e. The van der Waals surface area contributed by atoms with Crippen LogP contribution in [-0.4, -0.2) is 23.3 Å². The average molecular weight is 268 g/mol. The molecular formula is C13H18BrN. The van der Waals surface area contributed by atoms with E-state index >= 15 is 0 Å². The van der Waals surface area contributed by atoms with Crippen LogP contribution in [0.1, 0.15) is 12.5 Å². The number of rotatable bonds is 6. The Morgan fingerprint density at radius 1 is 1.27 bits per heavy atom. The molecule has 0 N–H and O–H groups in total. The van der Waals surface area contributed by atoms with Crippen LogP contribution in [0.4, 0.5) is 0 Å². The Labute approximate surface area is 101 Å². The molecule has 0 atom stereocenters. The molecule has 0 bridgehead atoms. The molecule has 1 aromatic carbocycles. The van der Waals surface area contributed by atoms with Crippen molar-refractivity contribution in [2.24, 2.45) is 0 Å². The Kier molecular flexibility index (Phi) is 6.37. The van der Waals surface area contributed by atoms with Crippen molar-refractivity contribution in [3.63, 3.8) is 0 Å². The molecule has 0 saturated carbocycles. The van der Waals surface area contributed by atoms with Gasteiger partial charge in [-0.25, -0.2) is 0 Å². The van der Waals surface area contributed by atoms with Crippen LogP contribution in [0.25, 0.3) is 0 Å². The monoisotopic (exact) mass is 267 g/mol. The lowest BCUT2D eigenvalue weighted by molar-refractivity contribution is 0.314. The SMILES string of the molecule is C/C=C/CN(CCBr)Cc1ccccc1. The summed E-state index contributed by atoms with van der Waals surface area (Å²) in [5, 5.41) is 1.03. The van der Waals surface area contributed by atoms with E-state index in [2.05, 4.69) is 70.2 Å². The first-order valence-electron chi connectivity index (χ1n) is 5.30. The Morgan fingerprint density at radius 3 is 2.60 bits per heavy atom. The standard InChI is InChI=1S/C13H18BrN/c1-2-3-10-15(11-9-14)12-13-7-5-4-6-8-13/h2-8H,9-12H2,1H3/b3-2+. The van der Waals surface area contributed by atoms with Crippen LogP contribution in [0.15, 0.2) is 42.5 Å². The Hall–Kier alpha value is -0.600. The maximum Gasteiger partial charge on any atom is 0.0237 e. The van der Waals surface area contributed by atoms with Gasteiger partial charge in [0.2, 0.25) is 0 Å². The highest BCUT2D eigenvalue weighted by Crippen LogP contribution is 2.04. The van der Waals surface area contributed by atoms with Crippen LogP contribution in [0.2, 0.25) is 0 Å². The van der Waals surface area contributed by atoms with E-state index in [4.69, 9.17) is 0 Å². The molecule has 1 aromatic rings. The van der Waals surface area contributed by atoms with E-state index in [1.54, 1.807) is 0 Å². The van der Waals surface area contributed by atoms with Crippen molar-refractivity contribution in [2.45, 2.75) is 13.5 Å². The number of nitrogens with zero attached hydrogens (tertiary/aromatic N) is 1. The molecule has 0 spiro atoms. The summed E-state index contributed by atoms with van der Waals surface area (Å²) in [5.41, 5.74) is 1.38. The van der Waals surface area contributed by atoms with Crippen molar-refractivity contribution >= 4 is 15.9 Å². The minimum atomic E-state index is 1.02. The van der Waals surface area contributed by atoms with Crippen molar-refractivity contribution in [3.05, 3.63) is 48.0 Å². The molecule has 1 nitrogen and oxygen atoms in total. The van der Waals surface area contributed by atoms with Gasteiger partial charge in [0.05, 0.1) is 0 Å². The molecule has 15 heavy (non-hydrogen) atoms. The van der Waals surface area contributed by atoms with E-state index in [9.17, 15) is 0 Å². The molecule has 0 aliphatic carbocycles. The van der Waals surface area contributed by atoms with Crippen molar-refractivity contribution in [1.29, 1.82) is 0 Å². The summed E-state index contributed by atoms with van der Waals surface area (Å²) in [4.78, 5) is 2.42. The lowest BCUT2D eigenvalue weighted by Gasteiger charge is -2.19. The molecule has 0 unspecified atom stereocenters. The molecule has 0 aliphatic heterocycles. The molecule has 0 amide bonds. The molecule has 0 fully saturated rings. The van der Waals surface area contributed by atoms with E-state index in [1.165, 1.54) is 5.56 Å². The molecule has 0 aromatic heterocycles. The number of allylic oxidation sites excluding steroid dienone is 1. The summed E-state index contributed by atoms with van der Waals surface area (Å²) in [7, 11) is 0. The fourth-order valence-corrected chi connectivity index (χ4v) is 1.95. The van der Waals surface area contributed by atoms with Gasteiger partial charge < -0.3 is 0 Å². The van der Waals surface area contributed by atoms with E-state index in [1.807, 2.05) is 0 Å². The van der Waals surface area contributed by atoms with Gasteiger partial charge in [-0.05, 0) is 12.5 Å². The van der Waals surface area contributed by atoms with E-state index in [-0.39, 0.29) is 0 Å². The van der Waals surface area contributed by atoms with Crippen molar-refractivity contribution in [3.8, 4) is 0 Å². The maximum atomic E-state index is 3.49. The van der Waals surface area contributed by atoms with Gasteiger partial charge in [0.1, 0.15) is 0 Å². The van der Waals surface area contributed by atoms with E-state index in [0.29, 0.717) is 0 Å². The predicted molar refractivity (Wildman–Crippen MR) is 70.3 cm³/mol. The van der Waals surface area contributed by atoms with Gasteiger partial charge >= 0.3 is 0 Å². The average Bonchev–Trinajstić information content (AvgIpc) is 2.28. The quantitative estimate of drug-likeness (QED) is 0.564. The number of hydrogen-bond acceptors (Lipinski definition) is 1. The Bertz CT molecular complexity index is 282. The molecule has 2 heteroatoms. The van der Waals surface area contributed by atoms with Gasteiger partial charge in [-0.1, -0.05) is 58.4 Å². The van der Waals surface area contributed by atoms with E-state index < -0.39 is 0 Å². The van der Waals surface area contributed by atoms with Crippen molar-refractivity contribution in [1.82, 2.24) is 4.90 Å². The van der Waals surface area contributed by atoms with Crippen molar-refractivity contribution in [2.75, 3.05) is 18.4 Å². The van der Waals surface area contributed by atoms with Gasteiger partial charge in [0.15, 0.2) is 0 Å². The molecular weight excluding hydrogens is 250 g/mol. The summed E-state index contributed by atoms with van der Waals surface area (Å²) in [6, 6.07) is 10.6. The number of alkyl halides is 1. The van der Waals surface area contributed by atoms with Crippen LogP contribution in [0.3, 0.4) is 0 Å². The van der Waals surface area contributed by atoms with Gasteiger partial charge in [-0.3, -0.25) is 4.90 Å². The van der Waals surface area contributed by atoms with Crippen LogP contribution in [-0.2, 0) is 6.54 Å². The highest BCUT2D eigenvalue weighted by Gasteiger charge is 2.02. The summed E-state index contributed by atoms with van der Waals surface area (Å²) in [6.07, 6.45) is 4.30. The number of halogens is 1. The number of benzene rings is 1. The summed E-state index contributed by atoms with van der Waals surface area (Å²) in [6.45, 7) is 5.20. The largest absolute Gasteiger partial charge is 0.295 e. The van der Waals surface area contributed by atoms with E-state index in [0.717, 1.165) is 25.0 Å². The first-order chi connectivity index (χ1) is 7.36. The lowest BCUT2D eigenvalue weighted by Crippen LogP contribution is -2.25. The second kappa shape index (κ2) is 7.66. The fraction of sp³-hybridized carbons (Fsp3) is 0.385. The highest BCUT2D eigenvalue weighted by atomic mass is 79.9. The molecule has 0 saturated heterocycles. The van der Waals surface area contributed by atoms with Crippen LogP contribution >= 0.6 is 15.9 Å². The topological polar surface area (TPSA) is 3.24 Å². The lowest BCUT2D eigenvalue weighted by atomic mass is 10.2. The van der Waals surface area contributed by atoms with Gasteiger partial charge in [0, 0.05) is 25.0 Å². The first-order valence-corrected chi connectivity index (χ1v) is 6.42. The predicted octanol–water partition coefficient (Wildman–Crippen LogP) is 3.46. The maximum absolute atomic E-state index is 3.49.